The Hall–Kier alpha value is -1.44. The number of rotatable bonds is 0. The van der Waals surface area contributed by atoms with Gasteiger partial charge in [0.15, 0.2) is 0 Å². The van der Waals surface area contributed by atoms with Crippen molar-refractivity contribution in [1.29, 1.82) is 0 Å². The minimum atomic E-state index is 0.911. The summed E-state index contributed by atoms with van der Waals surface area (Å²) < 4.78 is 0. The monoisotopic (exact) mass is 144 g/mol. The van der Waals surface area contributed by atoms with Crippen molar-refractivity contribution in [3.63, 3.8) is 0 Å². The summed E-state index contributed by atoms with van der Waals surface area (Å²) in [6, 6.07) is 1.97. The van der Waals surface area contributed by atoms with Gasteiger partial charge in [-0.1, -0.05) is 12.2 Å². The minimum absolute atomic E-state index is 0.911. The molecule has 0 spiro atoms. The van der Waals surface area contributed by atoms with Crippen molar-refractivity contribution < 1.29 is 0 Å². The van der Waals surface area contributed by atoms with Crippen LogP contribution in [0.1, 0.15) is 12.0 Å². The second-order valence-electron chi connectivity index (χ2n) is 2.38. The molecule has 0 aromatic carbocycles. The smallest absolute Gasteiger partial charge is 0.0881 e. The van der Waals surface area contributed by atoms with Crippen molar-refractivity contribution in [3.8, 4) is 0 Å². The normalized spacial score (nSPS) is 14.2. The topological polar surface area (TPSA) is 25.2 Å². The van der Waals surface area contributed by atoms with Gasteiger partial charge in [0, 0.05) is 24.4 Å². The van der Waals surface area contributed by atoms with Gasteiger partial charge in [0.2, 0.25) is 0 Å². The molecule has 0 saturated heterocycles. The maximum Gasteiger partial charge on any atom is 0.0881 e. The van der Waals surface area contributed by atoms with Gasteiger partial charge in [-0.25, -0.2) is 0 Å². The SMILES string of the molecule is C1=Cc2ccncc2N=CC1. The van der Waals surface area contributed by atoms with Crippen molar-refractivity contribution in [2.75, 3.05) is 0 Å². The number of pyridine rings is 1. The Morgan fingerprint density at radius 1 is 1.36 bits per heavy atom. The van der Waals surface area contributed by atoms with Crippen molar-refractivity contribution >= 4 is 18.0 Å². The van der Waals surface area contributed by atoms with E-state index in [1.54, 1.807) is 12.4 Å². The number of aliphatic imine (C=N–C) groups is 1. The standard InChI is InChI=1S/C9H8N2/c1-2-5-11-9-7-10-6-4-8(9)3-1/h1,3-7H,2H2. The lowest BCUT2D eigenvalue weighted by Gasteiger charge is -1.94. The highest BCUT2D eigenvalue weighted by molar-refractivity contribution is 5.74. The molecule has 0 atom stereocenters. The molecular formula is C9H8N2. The van der Waals surface area contributed by atoms with E-state index in [0.29, 0.717) is 0 Å². The van der Waals surface area contributed by atoms with Gasteiger partial charge in [-0.15, -0.1) is 0 Å². The van der Waals surface area contributed by atoms with Crippen LogP contribution in [0.3, 0.4) is 0 Å². The summed E-state index contributed by atoms with van der Waals surface area (Å²) in [4.78, 5) is 8.23. The molecule has 1 aliphatic heterocycles. The molecule has 0 amide bonds. The van der Waals surface area contributed by atoms with Crippen molar-refractivity contribution in [2.45, 2.75) is 6.42 Å². The maximum atomic E-state index is 4.24. The summed E-state index contributed by atoms with van der Waals surface area (Å²) in [6.45, 7) is 0. The van der Waals surface area contributed by atoms with Crippen LogP contribution in [0.4, 0.5) is 5.69 Å². The highest BCUT2D eigenvalue weighted by Crippen LogP contribution is 2.20. The van der Waals surface area contributed by atoms with Crippen LogP contribution in [0.15, 0.2) is 29.5 Å². The minimum Gasteiger partial charge on any atom is -0.262 e. The molecule has 1 aliphatic rings. The van der Waals surface area contributed by atoms with Crippen LogP contribution < -0.4 is 0 Å². The molecule has 0 saturated carbocycles. The zero-order valence-corrected chi connectivity index (χ0v) is 6.07. The number of aromatic nitrogens is 1. The predicted octanol–water partition coefficient (Wildman–Crippen LogP) is 2.20. The molecule has 0 aliphatic carbocycles. The van der Waals surface area contributed by atoms with E-state index in [1.807, 2.05) is 12.3 Å². The summed E-state index contributed by atoms with van der Waals surface area (Å²) in [5.74, 6) is 0. The third-order valence-electron chi connectivity index (χ3n) is 1.60. The molecule has 0 bridgehead atoms. The van der Waals surface area contributed by atoms with E-state index in [1.165, 1.54) is 0 Å². The van der Waals surface area contributed by atoms with Crippen LogP contribution in [0, 0.1) is 0 Å². The van der Waals surface area contributed by atoms with Gasteiger partial charge in [0.05, 0.1) is 11.9 Å². The molecule has 54 valence electrons. The first-order valence-electron chi connectivity index (χ1n) is 3.60. The fraction of sp³-hybridized carbons (Fsp3) is 0.111. The number of nitrogens with zero attached hydrogens (tertiary/aromatic N) is 2. The van der Waals surface area contributed by atoms with Crippen molar-refractivity contribution in [2.24, 2.45) is 4.99 Å². The first kappa shape index (κ1) is 6.28. The van der Waals surface area contributed by atoms with E-state index in [2.05, 4.69) is 22.1 Å². The van der Waals surface area contributed by atoms with Gasteiger partial charge in [-0.3, -0.25) is 9.98 Å². The van der Waals surface area contributed by atoms with E-state index in [-0.39, 0.29) is 0 Å². The van der Waals surface area contributed by atoms with Crippen LogP contribution in [0.2, 0.25) is 0 Å². The Bertz CT molecular complexity index is 282. The van der Waals surface area contributed by atoms with Crippen molar-refractivity contribution in [1.82, 2.24) is 4.98 Å². The molecule has 1 aromatic heterocycles. The molecule has 0 radical (unpaired) electrons. The van der Waals surface area contributed by atoms with Crippen LogP contribution in [-0.4, -0.2) is 11.2 Å². The second-order valence-corrected chi connectivity index (χ2v) is 2.38. The summed E-state index contributed by atoms with van der Waals surface area (Å²) in [6.07, 6.45) is 10.5. The summed E-state index contributed by atoms with van der Waals surface area (Å²) in [5, 5.41) is 0. The lowest BCUT2D eigenvalue weighted by atomic mass is 10.2. The zero-order valence-electron chi connectivity index (χ0n) is 6.07. The van der Waals surface area contributed by atoms with E-state index < -0.39 is 0 Å². The number of allylic oxidation sites excluding steroid dienone is 1. The highest BCUT2D eigenvalue weighted by atomic mass is 14.8. The fourth-order valence-corrected chi connectivity index (χ4v) is 1.05. The molecular weight excluding hydrogens is 136 g/mol. The maximum absolute atomic E-state index is 4.24. The van der Waals surface area contributed by atoms with E-state index >= 15 is 0 Å². The molecule has 0 unspecified atom stereocenters. The van der Waals surface area contributed by atoms with Gasteiger partial charge in [-0.05, 0) is 6.07 Å². The lowest BCUT2D eigenvalue weighted by Crippen LogP contribution is -1.74. The Morgan fingerprint density at radius 3 is 3.36 bits per heavy atom. The van der Waals surface area contributed by atoms with Crippen molar-refractivity contribution in [3.05, 3.63) is 30.1 Å². The second kappa shape index (κ2) is 2.66. The first-order chi connectivity index (χ1) is 5.47. The van der Waals surface area contributed by atoms with Crippen LogP contribution >= 0.6 is 0 Å². The van der Waals surface area contributed by atoms with Crippen LogP contribution in [0.5, 0.6) is 0 Å². The van der Waals surface area contributed by atoms with Gasteiger partial charge < -0.3 is 0 Å². The van der Waals surface area contributed by atoms with E-state index in [4.69, 9.17) is 0 Å². The molecule has 2 nitrogen and oxygen atoms in total. The van der Waals surface area contributed by atoms with Gasteiger partial charge >= 0.3 is 0 Å². The third-order valence-corrected chi connectivity index (χ3v) is 1.60. The Labute approximate surface area is 65.3 Å². The number of hydrogen-bond donors (Lipinski definition) is 0. The molecule has 0 fully saturated rings. The summed E-state index contributed by atoms with van der Waals surface area (Å²) >= 11 is 0. The Balaban J connectivity index is 2.58. The van der Waals surface area contributed by atoms with Gasteiger partial charge in [0.25, 0.3) is 0 Å². The molecule has 2 rings (SSSR count). The average Bonchev–Trinajstić information content (AvgIpc) is 2.28. The van der Waals surface area contributed by atoms with E-state index in [9.17, 15) is 0 Å². The quantitative estimate of drug-likeness (QED) is 0.548. The first-order valence-corrected chi connectivity index (χ1v) is 3.60. The highest BCUT2D eigenvalue weighted by Gasteiger charge is 1.97. The van der Waals surface area contributed by atoms with Crippen LogP contribution in [-0.2, 0) is 0 Å². The molecule has 1 aromatic rings. The fourth-order valence-electron chi connectivity index (χ4n) is 1.05. The third kappa shape index (κ3) is 1.19. The van der Waals surface area contributed by atoms with Gasteiger partial charge in [0.1, 0.15) is 0 Å². The van der Waals surface area contributed by atoms with E-state index in [0.717, 1.165) is 17.7 Å². The molecule has 2 heteroatoms. The predicted molar refractivity (Wildman–Crippen MR) is 46.0 cm³/mol. The average molecular weight is 144 g/mol. The van der Waals surface area contributed by atoms with Gasteiger partial charge in [-0.2, -0.15) is 0 Å². The molecule has 2 heterocycles. The largest absolute Gasteiger partial charge is 0.262 e. The Kier molecular flexibility index (Phi) is 1.52. The Morgan fingerprint density at radius 2 is 2.36 bits per heavy atom. The zero-order chi connectivity index (χ0) is 7.52. The van der Waals surface area contributed by atoms with Crippen LogP contribution in [0.25, 0.3) is 6.08 Å². The lowest BCUT2D eigenvalue weighted by molar-refractivity contribution is 1.30. The summed E-state index contributed by atoms with van der Waals surface area (Å²) in [5.41, 5.74) is 2.11. The number of hydrogen-bond acceptors (Lipinski definition) is 2. The summed E-state index contributed by atoms with van der Waals surface area (Å²) in [7, 11) is 0. The molecule has 0 N–H and O–H groups in total. The number of fused-ring (bicyclic) bond motifs is 1. The molecule has 11 heavy (non-hydrogen) atoms.